The third kappa shape index (κ3) is 6.40. The molecule has 2 rings (SSSR count). The lowest BCUT2D eigenvalue weighted by molar-refractivity contribution is 0.272. The summed E-state index contributed by atoms with van der Waals surface area (Å²) in [6, 6.07) is 10.5. The van der Waals surface area contributed by atoms with Crippen LogP contribution in [0.25, 0.3) is 0 Å². The van der Waals surface area contributed by atoms with Gasteiger partial charge in [-0.3, -0.25) is 0 Å². The van der Waals surface area contributed by atoms with E-state index < -0.39 is 28.5 Å². The van der Waals surface area contributed by atoms with E-state index in [1.807, 2.05) is 6.92 Å². The van der Waals surface area contributed by atoms with Gasteiger partial charge in [-0.05, 0) is 50.1 Å². The molecule has 0 amide bonds. The first kappa shape index (κ1) is 15.6. The summed E-state index contributed by atoms with van der Waals surface area (Å²) in [6.45, 7) is 1.81. The fraction of sp³-hybridized carbons (Fsp3) is 0.400. The average Bonchev–Trinajstić information content (AvgIpc) is 2.67. The molecule has 0 bridgehead atoms. The van der Waals surface area contributed by atoms with Crippen LogP contribution in [-0.2, 0) is 16.4 Å². The Labute approximate surface area is 173 Å². The number of nitrogens with two attached hydrogens (primary N) is 1. The molecule has 0 heterocycles. The number of methoxy groups -OCH3 is 1. The molecule has 2 aromatic rings. The van der Waals surface area contributed by atoms with Gasteiger partial charge in [-0.1, -0.05) is 18.2 Å². The van der Waals surface area contributed by atoms with E-state index in [1.54, 1.807) is 31.2 Å². The zero-order valence-electron chi connectivity index (χ0n) is 20.8. The standard InChI is InChI=1S/C20H28N2O5S/c1-4-26-17-7-5-6-8-18(17)27-12-11-22-15(2)13-16-9-10-19(25-3)20(14-16)28(21,23)24/h5-10,14-15,22H,4,11-13H2,1-3H3,(H2,21,23,24)/t15-/m1/s1/i3D3,12D2. The van der Waals surface area contributed by atoms with Gasteiger partial charge < -0.3 is 19.5 Å². The first-order chi connectivity index (χ1) is 15.2. The summed E-state index contributed by atoms with van der Waals surface area (Å²) in [7, 11) is -7.06. The summed E-state index contributed by atoms with van der Waals surface area (Å²) in [4.78, 5) is -0.436. The van der Waals surface area contributed by atoms with Crippen LogP contribution in [-0.4, -0.2) is 41.2 Å². The van der Waals surface area contributed by atoms with E-state index in [0.717, 1.165) is 0 Å². The van der Waals surface area contributed by atoms with Gasteiger partial charge in [0.05, 0.1) is 20.5 Å². The second kappa shape index (κ2) is 10.3. The molecular formula is C20H28N2O5S. The van der Waals surface area contributed by atoms with Crippen molar-refractivity contribution < 1.29 is 29.5 Å². The zero-order chi connectivity index (χ0) is 24.9. The first-order valence-corrected chi connectivity index (χ1v) is 10.2. The molecule has 0 radical (unpaired) electrons. The number of nitrogens with one attached hydrogen (secondary N) is 1. The van der Waals surface area contributed by atoms with Crippen LogP contribution in [0.2, 0.25) is 0 Å². The van der Waals surface area contributed by atoms with Crippen LogP contribution in [0.15, 0.2) is 47.4 Å². The molecule has 0 aliphatic rings. The van der Waals surface area contributed by atoms with Crippen LogP contribution in [0.5, 0.6) is 17.2 Å². The SMILES string of the molecule is [2H]C([2H])([2H])Oc1ccc(C[C@@H](C)NCC([2H])([2H])Oc2ccccc2OCC)cc1S(N)(=O)=O. The molecule has 3 N–H and O–H groups in total. The molecule has 0 fully saturated rings. The Balaban J connectivity index is 2.06. The van der Waals surface area contributed by atoms with E-state index in [4.69, 9.17) is 26.2 Å². The number of hydrogen-bond donors (Lipinski definition) is 2. The molecule has 0 saturated carbocycles. The van der Waals surface area contributed by atoms with Gasteiger partial charge in [0.15, 0.2) is 11.5 Å². The Kier molecular flexibility index (Phi) is 5.75. The minimum Gasteiger partial charge on any atom is -0.495 e. The lowest BCUT2D eigenvalue weighted by atomic mass is 10.1. The van der Waals surface area contributed by atoms with Crippen LogP contribution in [0.1, 0.15) is 26.3 Å². The summed E-state index contributed by atoms with van der Waals surface area (Å²) < 4.78 is 77.3. The number of sulfonamides is 1. The van der Waals surface area contributed by atoms with E-state index in [9.17, 15) is 8.42 Å². The van der Waals surface area contributed by atoms with E-state index >= 15 is 0 Å². The Morgan fingerprint density at radius 1 is 1.18 bits per heavy atom. The highest BCUT2D eigenvalue weighted by Crippen LogP contribution is 2.26. The molecule has 0 aliphatic carbocycles. The van der Waals surface area contributed by atoms with Crippen molar-refractivity contribution in [1.29, 1.82) is 0 Å². The van der Waals surface area contributed by atoms with Crippen molar-refractivity contribution in [2.24, 2.45) is 5.14 Å². The summed E-state index contributed by atoms with van der Waals surface area (Å²) in [6.07, 6.45) is 0.308. The number of benzene rings is 2. The van der Waals surface area contributed by atoms with E-state index in [-0.39, 0.29) is 24.1 Å². The van der Waals surface area contributed by atoms with Crippen molar-refractivity contribution in [2.45, 2.75) is 31.2 Å². The normalized spacial score (nSPS) is 16.0. The maximum atomic E-state index is 11.9. The average molecular weight is 414 g/mol. The van der Waals surface area contributed by atoms with Gasteiger partial charge in [-0.2, -0.15) is 0 Å². The van der Waals surface area contributed by atoms with E-state index in [1.165, 1.54) is 18.2 Å². The lowest BCUT2D eigenvalue weighted by Crippen LogP contribution is -2.32. The number of para-hydroxylation sites is 2. The third-order valence-electron chi connectivity index (χ3n) is 3.82. The largest absolute Gasteiger partial charge is 0.495 e. The van der Waals surface area contributed by atoms with Gasteiger partial charge in [0, 0.05) is 12.6 Å². The van der Waals surface area contributed by atoms with Gasteiger partial charge in [0.2, 0.25) is 10.0 Å². The Hall–Kier alpha value is -2.29. The molecule has 154 valence electrons. The predicted octanol–water partition coefficient (Wildman–Crippen LogP) is 2.34. The predicted molar refractivity (Wildman–Crippen MR) is 109 cm³/mol. The van der Waals surface area contributed by atoms with Gasteiger partial charge >= 0.3 is 0 Å². The minimum atomic E-state index is -4.23. The molecule has 7 nitrogen and oxygen atoms in total. The van der Waals surface area contributed by atoms with Crippen LogP contribution < -0.4 is 24.7 Å². The highest BCUT2D eigenvalue weighted by atomic mass is 32.2. The van der Waals surface area contributed by atoms with Crippen molar-refractivity contribution in [3.05, 3.63) is 48.0 Å². The van der Waals surface area contributed by atoms with Crippen LogP contribution in [0.4, 0.5) is 0 Å². The highest BCUT2D eigenvalue weighted by Gasteiger charge is 2.16. The summed E-state index contributed by atoms with van der Waals surface area (Å²) in [5, 5.41) is 8.23. The topological polar surface area (TPSA) is 99.9 Å². The second-order valence-corrected chi connectivity index (χ2v) is 7.57. The molecule has 28 heavy (non-hydrogen) atoms. The molecule has 0 saturated heterocycles. The number of hydrogen-bond acceptors (Lipinski definition) is 6. The van der Waals surface area contributed by atoms with E-state index in [0.29, 0.717) is 24.3 Å². The quantitative estimate of drug-likeness (QED) is 0.587. The zero-order valence-corrected chi connectivity index (χ0v) is 16.6. The molecule has 0 aromatic heterocycles. The summed E-state index contributed by atoms with van der Waals surface area (Å²) >= 11 is 0. The van der Waals surface area contributed by atoms with Crippen molar-refractivity contribution in [3.63, 3.8) is 0 Å². The number of primary sulfonamides is 1. The fourth-order valence-electron chi connectivity index (χ4n) is 2.55. The molecule has 1 atom stereocenters. The summed E-state index contributed by atoms with van der Waals surface area (Å²) in [5.41, 5.74) is 0.542. The van der Waals surface area contributed by atoms with Crippen molar-refractivity contribution in [3.8, 4) is 17.2 Å². The second-order valence-electron chi connectivity index (χ2n) is 6.04. The van der Waals surface area contributed by atoms with Crippen LogP contribution in [0.3, 0.4) is 0 Å². The molecule has 0 aliphatic heterocycles. The summed E-state index contributed by atoms with van der Waals surface area (Å²) in [5.74, 6) is 0.354. The molecular weight excluding hydrogens is 380 g/mol. The molecule has 8 heteroatoms. The van der Waals surface area contributed by atoms with Crippen molar-refractivity contribution >= 4 is 10.0 Å². The van der Waals surface area contributed by atoms with Gasteiger partial charge in [-0.15, -0.1) is 0 Å². The maximum Gasteiger partial charge on any atom is 0.241 e. The Bertz CT molecular complexity index is 1050. The van der Waals surface area contributed by atoms with Crippen molar-refractivity contribution in [1.82, 2.24) is 5.32 Å². The number of rotatable bonds is 11. The van der Waals surface area contributed by atoms with Crippen molar-refractivity contribution in [2.75, 3.05) is 26.7 Å². The first-order valence-electron chi connectivity index (χ1n) is 11.2. The minimum absolute atomic E-state index is 0.156. The third-order valence-corrected chi connectivity index (χ3v) is 4.75. The molecule has 0 spiro atoms. The van der Waals surface area contributed by atoms with Crippen LogP contribution >= 0.6 is 0 Å². The number of ether oxygens (including phenoxy) is 3. The van der Waals surface area contributed by atoms with Gasteiger partial charge in [0.25, 0.3) is 0 Å². The van der Waals surface area contributed by atoms with Crippen LogP contribution in [0, 0.1) is 0 Å². The Morgan fingerprint density at radius 2 is 1.89 bits per heavy atom. The fourth-order valence-corrected chi connectivity index (χ4v) is 3.26. The Morgan fingerprint density at radius 3 is 2.54 bits per heavy atom. The monoisotopic (exact) mass is 413 g/mol. The highest BCUT2D eigenvalue weighted by molar-refractivity contribution is 7.89. The maximum absolute atomic E-state index is 11.9. The molecule has 0 unspecified atom stereocenters. The van der Waals surface area contributed by atoms with E-state index in [2.05, 4.69) is 5.32 Å². The van der Waals surface area contributed by atoms with Gasteiger partial charge in [0.1, 0.15) is 17.2 Å². The lowest BCUT2D eigenvalue weighted by Gasteiger charge is -2.16. The smallest absolute Gasteiger partial charge is 0.241 e. The van der Waals surface area contributed by atoms with Gasteiger partial charge in [-0.25, -0.2) is 13.6 Å². The molecule has 2 aromatic carbocycles.